The fourth-order valence-electron chi connectivity index (χ4n) is 2.13. The highest BCUT2D eigenvalue weighted by atomic mass is 19.1. The Morgan fingerprint density at radius 1 is 1.24 bits per heavy atom. The van der Waals surface area contributed by atoms with E-state index in [2.05, 4.69) is 0 Å². The third kappa shape index (κ3) is 2.00. The molecule has 0 atom stereocenters. The molecule has 0 bridgehead atoms. The zero-order valence-corrected chi connectivity index (χ0v) is 10.1. The van der Waals surface area contributed by atoms with Crippen molar-refractivity contribution in [2.75, 3.05) is 0 Å². The number of ketones is 1. The number of rotatable bonds is 2. The van der Waals surface area contributed by atoms with Crippen LogP contribution >= 0.6 is 0 Å². The average molecular weight is 231 g/mol. The largest absolute Gasteiger partial charge is 0.318 e. The molecular weight excluding hydrogens is 217 g/mol. The normalized spacial score (nSPS) is 10.6. The van der Waals surface area contributed by atoms with Gasteiger partial charge in [0.1, 0.15) is 5.82 Å². The lowest BCUT2D eigenvalue weighted by molar-refractivity contribution is 0.101. The maximum atomic E-state index is 13.2. The SMILES string of the molecule is CC(=O)c1cc(C)n(-c2cccc(F)c2)c1C. The first kappa shape index (κ1) is 11.6. The molecule has 2 nitrogen and oxygen atoms in total. The van der Waals surface area contributed by atoms with E-state index in [1.54, 1.807) is 6.07 Å². The summed E-state index contributed by atoms with van der Waals surface area (Å²) in [5, 5.41) is 0. The van der Waals surface area contributed by atoms with Crippen molar-refractivity contribution in [2.24, 2.45) is 0 Å². The molecule has 0 saturated heterocycles. The first-order valence-electron chi connectivity index (χ1n) is 5.46. The van der Waals surface area contributed by atoms with Gasteiger partial charge in [0.15, 0.2) is 5.78 Å². The van der Waals surface area contributed by atoms with Crippen LogP contribution < -0.4 is 0 Å². The zero-order valence-electron chi connectivity index (χ0n) is 10.1. The summed E-state index contributed by atoms with van der Waals surface area (Å²) >= 11 is 0. The topological polar surface area (TPSA) is 22.0 Å². The van der Waals surface area contributed by atoms with Gasteiger partial charge in [-0.05, 0) is 45.0 Å². The van der Waals surface area contributed by atoms with Crippen molar-refractivity contribution in [3.8, 4) is 5.69 Å². The van der Waals surface area contributed by atoms with Crippen LogP contribution in [-0.4, -0.2) is 10.4 Å². The highest BCUT2D eigenvalue weighted by Crippen LogP contribution is 2.21. The van der Waals surface area contributed by atoms with Crippen LogP contribution in [0.15, 0.2) is 30.3 Å². The third-order valence-electron chi connectivity index (χ3n) is 2.88. The van der Waals surface area contributed by atoms with E-state index >= 15 is 0 Å². The van der Waals surface area contributed by atoms with Crippen molar-refractivity contribution in [1.82, 2.24) is 4.57 Å². The van der Waals surface area contributed by atoms with Gasteiger partial charge in [-0.1, -0.05) is 6.07 Å². The standard InChI is InChI=1S/C14H14FNO/c1-9-7-14(11(3)17)10(2)16(9)13-6-4-5-12(15)8-13/h4-8H,1-3H3. The first-order valence-corrected chi connectivity index (χ1v) is 5.46. The molecule has 1 aromatic heterocycles. The quantitative estimate of drug-likeness (QED) is 0.726. The Morgan fingerprint density at radius 2 is 1.94 bits per heavy atom. The molecule has 0 spiro atoms. The second kappa shape index (κ2) is 4.17. The van der Waals surface area contributed by atoms with Gasteiger partial charge < -0.3 is 4.57 Å². The number of aromatic nitrogens is 1. The van der Waals surface area contributed by atoms with Crippen molar-refractivity contribution in [1.29, 1.82) is 0 Å². The highest BCUT2D eigenvalue weighted by molar-refractivity contribution is 5.95. The number of benzene rings is 1. The van der Waals surface area contributed by atoms with Crippen LogP contribution in [0.4, 0.5) is 4.39 Å². The van der Waals surface area contributed by atoms with Crippen molar-refractivity contribution < 1.29 is 9.18 Å². The van der Waals surface area contributed by atoms with Crippen LogP contribution in [0, 0.1) is 19.7 Å². The minimum Gasteiger partial charge on any atom is -0.318 e. The number of carbonyl (C=O) groups excluding carboxylic acids is 1. The van der Waals surface area contributed by atoms with Gasteiger partial charge in [0.05, 0.1) is 0 Å². The molecule has 3 heteroatoms. The summed E-state index contributed by atoms with van der Waals surface area (Å²) < 4.78 is 15.1. The minimum atomic E-state index is -0.278. The summed E-state index contributed by atoms with van der Waals surface area (Å²) in [6.45, 7) is 5.32. The monoisotopic (exact) mass is 231 g/mol. The smallest absolute Gasteiger partial charge is 0.161 e. The molecule has 17 heavy (non-hydrogen) atoms. The van der Waals surface area contributed by atoms with Crippen molar-refractivity contribution in [3.05, 3.63) is 53.1 Å². The summed E-state index contributed by atoms with van der Waals surface area (Å²) in [5.74, 6) is -0.250. The number of hydrogen-bond acceptors (Lipinski definition) is 1. The lowest BCUT2D eigenvalue weighted by Gasteiger charge is -2.09. The van der Waals surface area contributed by atoms with Gasteiger partial charge in [-0.2, -0.15) is 0 Å². The Morgan fingerprint density at radius 3 is 2.47 bits per heavy atom. The summed E-state index contributed by atoms with van der Waals surface area (Å²) in [6.07, 6.45) is 0. The molecule has 0 saturated carbocycles. The Kier molecular flexibility index (Phi) is 2.84. The number of Topliss-reactive ketones (excluding diaryl/α,β-unsaturated/α-hetero) is 1. The van der Waals surface area contributed by atoms with Crippen LogP contribution in [0.3, 0.4) is 0 Å². The van der Waals surface area contributed by atoms with Gasteiger partial charge in [-0.25, -0.2) is 4.39 Å². The molecule has 0 amide bonds. The second-order valence-corrected chi connectivity index (χ2v) is 4.16. The van der Waals surface area contributed by atoms with Crippen LogP contribution in [0.1, 0.15) is 28.7 Å². The molecule has 0 fully saturated rings. The molecule has 1 heterocycles. The zero-order chi connectivity index (χ0) is 12.6. The number of nitrogens with zero attached hydrogens (tertiary/aromatic N) is 1. The molecule has 0 aliphatic carbocycles. The Bertz CT molecular complexity index is 584. The average Bonchev–Trinajstić information content (AvgIpc) is 2.54. The number of hydrogen-bond donors (Lipinski definition) is 0. The Hall–Kier alpha value is -1.90. The lowest BCUT2D eigenvalue weighted by Crippen LogP contribution is -2.01. The maximum absolute atomic E-state index is 13.2. The fourth-order valence-corrected chi connectivity index (χ4v) is 2.13. The fraction of sp³-hybridized carbons (Fsp3) is 0.214. The van der Waals surface area contributed by atoms with Crippen LogP contribution in [0.25, 0.3) is 5.69 Å². The van der Waals surface area contributed by atoms with E-state index < -0.39 is 0 Å². The highest BCUT2D eigenvalue weighted by Gasteiger charge is 2.13. The summed E-state index contributed by atoms with van der Waals surface area (Å²) in [6, 6.07) is 8.19. The van der Waals surface area contributed by atoms with Crippen molar-refractivity contribution >= 4 is 5.78 Å². The van der Waals surface area contributed by atoms with Crippen LogP contribution in [0.2, 0.25) is 0 Å². The molecule has 0 aliphatic rings. The predicted octanol–water partition coefficient (Wildman–Crippen LogP) is 3.44. The summed E-state index contributed by atoms with van der Waals surface area (Å²) in [5.41, 5.74) is 3.21. The van der Waals surface area contributed by atoms with Gasteiger partial charge in [0.25, 0.3) is 0 Å². The second-order valence-electron chi connectivity index (χ2n) is 4.16. The Balaban J connectivity index is 2.64. The molecule has 2 aromatic rings. The van der Waals surface area contributed by atoms with E-state index in [1.807, 2.05) is 30.5 Å². The molecule has 2 rings (SSSR count). The van der Waals surface area contributed by atoms with E-state index in [0.717, 1.165) is 17.1 Å². The van der Waals surface area contributed by atoms with E-state index in [1.165, 1.54) is 19.1 Å². The molecular formula is C14H14FNO. The molecule has 0 aliphatic heterocycles. The number of carbonyl (C=O) groups is 1. The third-order valence-corrected chi connectivity index (χ3v) is 2.88. The van der Waals surface area contributed by atoms with Crippen molar-refractivity contribution in [2.45, 2.75) is 20.8 Å². The van der Waals surface area contributed by atoms with Crippen molar-refractivity contribution in [3.63, 3.8) is 0 Å². The Labute approximate surface area is 99.7 Å². The predicted molar refractivity (Wildman–Crippen MR) is 65.2 cm³/mol. The van der Waals surface area contributed by atoms with Crippen LogP contribution in [-0.2, 0) is 0 Å². The molecule has 1 aromatic carbocycles. The molecule has 0 N–H and O–H groups in total. The lowest BCUT2D eigenvalue weighted by atomic mass is 10.2. The van der Waals surface area contributed by atoms with Gasteiger partial charge in [0.2, 0.25) is 0 Å². The summed E-state index contributed by atoms with van der Waals surface area (Å²) in [4.78, 5) is 11.4. The molecule has 88 valence electrons. The van der Waals surface area contributed by atoms with E-state index in [0.29, 0.717) is 5.56 Å². The van der Waals surface area contributed by atoms with Gasteiger partial charge in [-0.3, -0.25) is 4.79 Å². The summed E-state index contributed by atoms with van der Waals surface area (Å²) in [7, 11) is 0. The van der Waals surface area contributed by atoms with Gasteiger partial charge in [-0.15, -0.1) is 0 Å². The first-order chi connectivity index (χ1) is 8.00. The number of aryl methyl sites for hydroxylation is 1. The van der Waals surface area contributed by atoms with E-state index in [9.17, 15) is 9.18 Å². The van der Waals surface area contributed by atoms with E-state index in [4.69, 9.17) is 0 Å². The minimum absolute atomic E-state index is 0.0285. The van der Waals surface area contributed by atoms with Crippen LogP contribution in [0.5, 0.6) is 0 Å². The van der Waals surface area contributed by atoms with E-state index in [-0.39, 0.29) is 11.6 Å². The molecule has 0 radical (unpaired) electrons. The number of halogens is 1. The maximum Gasteiger partial charge on any atom is 0.161 e. The van der Waals surface area contributed by atoms with Gasteiger partial charge >= 0.3 is 0 Å². The molecule has 0 unspecified atom stereocenters. The van der Waals surface area contributed by atoms with Gasteiger partial charge in [0, 0.05) is 22.6 Å².